The molecule has 5 heteroatoms. The minimum Gasteiger partial charge on any atom is -0.372 e. The number of pyridine rings is 1. The number of hydrogen-bond donors (Lipinski definition) is 0. The van der Waals surface area contributed by atoms with E-state index in [0.29, 0.717) is 12.5 Å². The van der Waals surface area contributed by atoms with E-state index in [1.807, 2.05) is 30.2 Å². The second kappa shape index (κ2) is 10.5. The van der Waals surface area contributed by atoms with Crippen LogP contribution in [0.1, 0.15) is 36.5 Å². The third kappa shape index (κ3) is 6.12. The first kappa shape index (κ1) is 21.5. The van der Waals surface area contributed by atoms with Crippen molar-refractivity contribution in [1.29, 1.82) is 0 Å². The van der Waals surface area contributed by atoms with Crippen molar-refractivity contribution in [3.05, 3.63) is 65.5 Å². The van der Waals surface area contributed by atoms with Crippen LogP contribution < -0.4 is 0 Å². The van der Waals surface area contributed by atoms with Gasteiger partial charge in [-0.25, -0.2) is 0 Å². The zero-order valence-electron chi connectivity index (χ0n) is 17.9. The highest BCUT2D eigenvalue weighted by Gasteiger charge is 2.26. The highest BCUT2D eigenvalue weighted by atomic mass is 16.5. The quantitative estimate of drug-likeness (QED) is 0.684. The largest absolute Gasteiger partial charge is 0.372 e. The van der Waals surface area contributed by atoms with Gasteiger partial charge in [0.15, 0.2) is 0 Å². The zero-order chi connectivity index (χ0) is 20.6. The maximum absolute atomic E-state index is 12.9. The lowest BCUT2D eigenvalue weighted by Gasteiger charge is -2.35. The molecule has 5 nitrogen and oxygen atoms in total. The molecule has 1 aliphatic heterocycles. The van der Waals surface area contributed by atoms with Gasteiger partial charge >= 0.3 is 0 Å². The fourth-order valence-corrected chi connectivity index (χ4v) is 3.97. The standard InChI is InChI=1S/C24H33N3O2/c1-19-7-4-5-9-23(19)18-26-13-10-21(11-14-26)16-27(24(28)20(2)29-3)17-22-8-6-12-25-15-22/h4-9,12,15,20-21H,10-11,13-14,16-18H2,1-3H3. The predicted molar refractivity (Wildman–Crippen MR) is 115 cm³/mol. The predicted octanol–water partition coefficient (Wildman–Crippen LogP) is 3.67. The second-order valence-corrected chi connectivity index (χ2v) is 8.10. The van der Waals surface area contributed by atoms with Crippen LogP contribution in [0.5, 0.6) is 0 Å². The van der Waals surface area contributed by atoms with E-state index in [1.54, 1.807) is 13.3 Å². The lowest BCUT2D eigenvalue weighted by Crippen LogP contribution is -2.43. The number of aryl methyl sites for hydroxylation is 1. The number of ether oxygens (including phenoxy) is 1. The topological polar surface area (TPSA) is 45.7 Å². The van der Waals surface area contributed by atoms with Gasteiger partial charge in [0.2, 0.25) is 0 Å². The van der Waals surface area contributed by atoms with E-state index in [9.17, 15) is 4.79 Å². The van der Waals surface area contributed by atoms with Gasteiger partial charge in [-0.2, -0.15) is 0 Å². The first-order chi connectivity index (χ1) is 14.1. The summed E-state index contributed by atoms with van der Waals surface area (Å²) in [6.45, 7) is 8.54. The van der Waals surface area contributed by atoms with Crippen LogP contribution in [-0.2, 0) is 22.6 Å². The molecule has 1 atom stereocenters. The average Bonchev–Trinajstić information content (AvgIpc) is 2.76. The molecule has 0 saturated carbocycles. The van der Waals surface area contributed by atoms with E-state index in [1.165, 1.54) is 11.1 Å². The maximum Gasteiger partial charge on any atom is 0.251 e. The normalized spacial score (nSPS) is 16.5. The molecule has 0 spiro atoms. The van der Waals surface area contributed by atoms with Crippen LogP contribution in [0, 0.1) is 12.8 Å². The summed E-state index contributed by atoms with van der Waals surface area (Å²) in [7, 11) is 1.59. The monoisotopic (exact) mass is 395 g/mol. The lowest BCUT2D eigenvalue weighted by atomic mass is 9.95. The van der Waals surface area contributed by atoms with Gasteiger partial charge in [0.1, 0.15) is 6.10 Å². The SMILES string of the molecule is COC(C)C(=O)N(Cc1cccnc1)CC1CCN(Cc2ccccc2C)CC1. The molecule has 0 aliphatic carbocycles. The first-order valence-electron chi connectivity index (χ1n) is 10.5. The molecular formula is C24H33N3O2. The van der Waals surface area contributed by atoms with Gasteiger partial charge < -0.3 is 9.64 Å². The van der Waals surface area contributed by atoms with Gasteiger partial charge in [0.05, 0.1) is 0 Å². The molecule has 1 aromatic carbocycles. The summed E-state index contributed by atoms with van der Waals surface area (Å²) in [6, 6.07) is 12.6. The van der Waals surface area contributed by atoms with Crippen molar-refractivity contribution in [3.8, 4) is 0 Å². The van der Waals surface area contributed by atoms with E-state index in [0.717, 1.165) is 44.6 Å². The van der Waals surface area contributed by atoms with Crippen molar-refractivity contribution >= 4 is 5.91 Å². The van der Waals surface area contributed by atoms with Crippen LogP contribution in [0.25, 0.3) is 0 Å². The van der Waals surface area contributed by atoms with Crippen LogP contribution in [0.2, 0.25) is 0 Å². The summed E-state index contributed by atoms with van der Waals surface area (Å²) >= 11 is 0. The molecule has 1 aromatic heterocycles. The molecule has 2 aromatic rings. The fourth-order valence-electron chi connectivity index (χ4n) is 3.97. The highest BCUT2D eigenvalue weighted by Crippen LogP contribution is 2.22. The number of aromatic nitrogens is 1. The van der Waals surface area contributed by atoms with Gasteiger partial charge in [0, 0.05) is 39.1 Å². The summed E-state index contributed by atoms with van der Waals surface area (Å²) in [5, 5.41) is 0. The Kier molecular flexibility index (Phi) is 7.78. The average molecular weight is 396 g/mol. The summed E-state index contributed by atoms with van der Waals surface area (Å²) < 4.78 is 5.30. The Hall–Kier alpha value is -2.24. The molecule has 156 valence electrons. The molecule has 1 fully saturated rings. The van der Waals surface area contributed by atoms with Crippen molar-refractivity contribution in [2.45, 2.75) is 45.9 Å². The van der Waals surface area contributed by atoms with Gasteiger partial charge in [-0.3, -0.25) is 14.7 Å². The molecule has 2 heterocycles. The van der Waals surface area contributed by atoms with Crippen LogP contribution in [-0.4, -0.2) is 53.5 Å². The summed E-state index contributed by atoms with van der Waals surface area (Å²) in [6.07, 6.45) is 5.40. The number of nitrogens with zero attached hydrogens (tertiary/aromatic N) is 3. The van der Waals surface area contributed by atoms with Gasteiger partial charge in [-0.1, -0.05) is 30.3 Å². The van der Waals surface area contributed by atoms with Gasteiger partial charge in [0.25, 0.3) is 5.91 Å². The summed E-state index contributed by atoms with van der Waals surface area (Å²) in [5.74, 6) is 0.575. The molecule has 1 unspecified atom stereocenters. The first-order valence-corrected chi connectivity index (χ1v) is 10.5. The van der Waals surface area contributed by atoms with Crippen molar-refractivity contribution in [2.75, 3.05) is 26.7 Å². The number of methoxy groups -OCH3 is 1. The Balaban J connectivity index is 1.57. The summed E-state index contributed by atoms with van der Waals surface area (Å²) in [4.78, 5) is 21.5. The van der Waals surface area contributed by atoms with Crippen LogP contribution in [0.15, 0.2) is 48.8 Å². The molecule has 0 N–H and O–H groups in total. The minimum absolute atomic E-state index is 0.0543. The number of carbonyl (C=O) groups is 1. The van der Waals surface area contributed by atoms with E-state index in [4.69, 9.17) is 4.74 Å². The van der Waals surface area contributed by atoms with E-state index < -0.39 is 6.10 Å². The van der Waals surface area contributed by atoms with Crippen molar-refractivity contribution in [1.82, 2.24) is 14.8 Å². The Bertz CT molecular complexity index is 773. The Morgan fingerprint density at radius 2 is 2.00 bits per heavy atom. The maximum atomic E-state index is 12.9. The zero-order valence-corrected chi connectivity index (χ0v) is 17.9. The van der Waals surface area contributed by atoms with Crippen molar-refractivity contribution in [3.63, 3.8) is 0 Å². The number of amides is 1. The van der Waals surface area contributed by atoms with Crippen LogP contribution in [0.3, 0.4) is 0 Å². The van der Waals surface area contributed by atoms with Crippen LogP contribution in [0.4, 0.5) is 0 Å². The molecule has 1 saturated heterocycles. The smallest absolute Gasteiger partial charge is 0.251 e. The summed E-state index contributed by atoms with van der Waals surface area (Å²) in [5.41, 5.74) is 3.82. The van der Waals surface area contributed by atoms with E-state index in [-0.39, 0.29) is 5.91 Å². The Morgan fingerprint density at radius 1 is 1.24 bits per heavy atom. The van der Waals surface area contributed by atoms with Crippen molar-refractivity contribution in [2.24, 2.45) is 5.92 Å². The number of likely N-dealkylation sites (tertiary alicyclic amines) is 1. The Labute approximate surface area is 174 Å². The number of carbonyl (C=O) groups excluding carboxylic acids is 1. The fraction of sp³-hybridized carbons (Fsp3) is 0.500. The third-order valence-electron chi connectivity index (χ3n) is 5.95. The van der Waals surface area contributed by atoms with Crippen molar-refractivity contribution < 1.29 is 9.53 Å². The number of hydrogen-bond acceptors (Lipinski definition) is 4. The minimum atomic E-state index is -0.423. The molecular weight excluding hydrogens is 362 g/mol. The third-order valence-corrected chi connectivity index (χ3v) is 5.95. The molecule has 3 rings (SSSR count). The number of benzene rings is 1. The van der Waals surface area contributed by atoms with Gasteiger partial charge in [-0.05, 0) is 68.5 Å². The second-order valence-electron chi connectivity index (χ2n) is 8.10. The molecule has 0 radical (unpaired) electrons. The Morgan fingerprint density at radius 3 is 2.66 bits per heavy atom. The molecule has 29 heavy (non-hydrogen) atoms. The number of rotatable bonds is 8. The molecule has 1 aliphatic rings. The van der Waals surface area contributed by atoms with E-state index in [2.05, 4.69) is 41.1 Å². The highest BCUT2D eigenvalue weighted by molar-refractivity contribution is 5.80. The molecule has 1 amide bonds. The molecule has 0 bridgehead atoms. The van der Waals surface area contributed by atoms with Crippen LogP contribution >= 0.6 is 0 Å². The van der Waals surface area contributed by atoms with Gasteiger partial charge in [-0.15, -0.1) is 0 Å². The lowest BCUT2D eigenvalue weighted by molar-refractivity contribution is -0.142. The van der Waals surface area contributed by atoms with E-state index >= 15 is 0 Å². The number of piperidine rings is 1.